The number of carbonyl (C=O) groups excluding carboxylic acids is 2. The lowest BCUT2D eigenvalue weighted by Gasteiger charge is -2.49. The van der Waals surface area contributed by atoms with Crippen molar-refractivity contribution in [3.05, 3.63) is 92.9 Å². The highest BCUT2D eigenvalue weighted by atomic mass is 79.9. The second kappa shape index (κ2) is 10.4. The molecule has 0 fully saturated rings. The number of aromatic nitrogens is 1. The van der Waals surface area contributed by atoms with Crippen molar-refractivity contribution < 1.29 is 14.3 Å². The zero-order valence-corrected chi connectivity index (χ0v) is 26.3. The van der Waals surface area contributed by atoms with E-state index in [1.807, 2.05) is 6.07 Å². The molecule has 41 heavy (non-hydrogen) atoms. The molecule has 3 aliphatic rings. The number of para-hydroxylation sites is 1. The van der Waals surface area contributed by atoms with Gasteiger partial charge in [-0.2, -0.15) is 0 Å². The highest BCUT2D eigenvalue weighted by Gasteiger charge is 2.49. The van der Waals surface area contributed by atoms with Crippen LogP contribution in [0.25, 0.3) is 10.9 Å². The number of hydrogen-bond acceptors (Lipinski definition) is 4. The molecule has 1 aliphatic heterocycles. The van der Waals surface area contributed by atoms with Gasteiger partial charge in [0, 0.05) is 83.1 Å². The topological polar surface area (TPSA) is 51.5 Å². The Labute approximate surface area is 251 Å². The van der Waals surface area contributed by atoms with E-state index in [1.54, 1.807) is 7.11 Å². The largest absolute Gasteiger partial charge is 0.383 e. The Balaban J connectivity index is 1.60. The average Bonchev–Trinajstić information content (AvgIpc) is 3.25. The van der Waals surface area contributed by atoms with E-state index in [0.717, 1.165) is 56.3 Å². The molecule has 0 amide bonds. The Morgan fingerprint density at radius 2 is 1.44 bits per heavy atom. The molecule has 214 valence electrons. The molecule has 0 atom stereocenters. The standard InChI is InChI=1S/C35H39BrN2O3/c1-34(2)16-27-32(29(39)18-34)31(33-28(38(27)14-15-41-5)17-35(3,4)19-30(33)40)24-21-37(26-13-9-7-11-23(24)26)20-22-10-6-8-12-25(22)36/h6-13,21,31H,14-20H2,1-5H3. The van der Waals surface area contributed by atoms with Crippen LogP contribution in [0.5, 0.6) is 0 Å². The number of nitrogens with zero attached hydrogens (tertiary/aromatic N) is 2. The third kappa shape index (κ3) is 5.03. The summed E-state index contributed by atoms with van der Waals surface area (Å²) in [5, 5.41) is 1.10. The number of halogens is 1. The average molecular weight is 616 g/mol. The lowest BCUT2D eigenvalue weighted by atomic mass is 9.63. The number of rotatable bonds is 6. The van der Waals surface area contributed by atoms with Crippen LogP contribution in [0.2, 0.25) is 0 Å². The van der Waals surface area contributed by atoms with E-state index in [1.165, 1.54) is 5.56 Å². The van der Waals surface area contributed by atoms with Crippen molar-refractivity contribution in [3.8, 4) is 0 Å². The SMILES string of the molecule is COCCN1C2=C(C(=O)CC(C)(C)C2)C(c2cn(Cc3ccccc3Br)c3ccccc23)C2=C1CC(C)(C)CC2=O. The normalized spacial score (nSPS) is 20.6. The van der Waals surface area contributed by atoms with Crippen molar-refractivity contribution >= 4 is 38.4 Å². The summed E-state index contributed by atoms with van der Waals surface area (Å²) >= 11 is 3.72. The van der Waals surface area contributed by atoms with E-state index >= 15 is 0 Å². The second-order valence-electron chi connectivity index (χ2n) is 13.5. The molecule has 0 spiro atoms. The summed E-state index contributed by atoms with van der Waals surface area (Å²) in [5.41, 5.74) is 6.85. The summed E-state index contributed by atoms with van der Waals surface area (Å²) in [6.07, 6.45) is 4.77. The van der Waals surface area contributed by atoms with Gasteiger partial charge in [-0.05, 0) is 46.9 Å². The third-order valence-corrected chi connectivity index (χ3v) is 9.74. The van der Waals surface area contributed by atoms with E-state index in [4.69, 9.17) is 4.74 Å². The molecular weight excluding hydrogens is 576 g/mol. The van der Waals surface area contributed by atoms with Crippen LogP contribution in [-0.4, -0.2) is 41.3 Å². The Kier molecular flexibility index (Phi) is 7.14. The van der Waals surface area contributed by atoms with Crippen LogP contribution >= 0.6 is 15.9 Å². The monoisotopic (exact) mass is 614 g/mol. The van der Waals surface area contributed by atoms with E-state index in [9.17, 15) is 9.59 Å². The Hall–Kier alpha value is -2.96. The number of allylic oxidation sites excluding steroid dienone is 4. The van der Waals surface area contributed by atoms with Crippen molar-refractivity contribution in [1.82, 2.24) is 9.47 Å². The van der Waals surface area contributed by atoms with Gasteiger partial charge in [-0.15, -0.1) is 0 Å². The predicted molar refractivity (Wildman–Crippen MR) is 167 cm³/mol. The fraction of sp³-hybridized carbons (Fsp3) is 0.429. The van der Waals surface area contributed by atoms with E-state index in [0.29, 0.717) is 32.5 Å². The Bertz CT molecular complexity index is 1570. The van der Waals surface area contributed by atoms with Crippen LogP contribution in [0, 0.1) is 10.8 Å². The summed E-state index contributed by atoms with van der Waals surface area (Å²) in [5.74, 6) is -0.0395. The molecule has 2 aliphatic carbocycles. The van der Waals surface area contributed by atoms with Crippen LogP contribution in [0.4, 0.5) is 0 Å². The molecule has 3 aromatic rings. The maximum atomic E-state index is 14.2. The Morgan fingerprint density at radius 1 is 0.854 bits per heavy atom. The molecule has 0 bridgehead atoms. The van der Waals surface area contributed by atoms with Crippen LogP contribution < -0.4 is 0 Å². The quantitative estimate of drug-likeness (QED) is 0.284. The van der Waals surface area contributed by atoms with Gasteiger partial charge in [-0.3, -0.25) is 9.59 Å². The summed E-state index contributed by atoms with van der Waals surface area (Å²) < 4.78 is 8.88. The summed E-state index contributed by atoms with van der Waals surface area (Å²) in [6, 6.07) is 16.7. The molecule has 6 heteroatoms. The van der Waals surface area contributed by atoms with Crippen molar-refractivity contribution in [2.45, 2.75) is 65.8 Å². The van der Waals surface area contributed by atoms with E-state index < -0.39 is 0 Å². The molecule has 1 aromatic heterocycles. The first-order chi connectivity index (χ1) is 19.5. The van der Waals surface area contributed by atoms with Crippen molar-refractivity contribution in [2.24, 2.45) is 10.8 Å². The lowest BCUT2D eigenvalue weighted by molar-refractivity contribution is -0.119. The van der Waals surface area contributed by atoms with E-state index in [-0.39, 0.29) is 28.3 Å². The number of fused-ring (bicyclic) bond motifs is 1. The first kappa shape index (κ1) is 28.2. The molecule has 0 radical (unpaired) electrons. The molecule has 5 nitrogen and oxygen atoms in total. The maximum Gasteiger partial charge on any atom is 0.162 e. The van der Waals surface area contributed by atoms with Gasteiger partial charge in [0.05, 0.1) is 6.61 Å². The molecule has 2 aromatic carbocycles. The summed E-state index contributed by atoms with van der Waals surface area (Å²) in [6.45, 7) is 10.6. The van der Waals surface area contributed by atoms with Gasteiger partial charge < -0.3 is 14.2 Å². The minimum atomic E-state index is -0.364. The number of ketones is 2. The molecular formula is C35H39BrN2O3. The third-order valence-electron chi connectivity index (χ3n) is 8.97. The fourth-order valence-corrected chi connectivity index (χ4v) is 7.67. The number of ether oxygens (including phenoxy) is 1. The zero-order valence-electron chi connectivity index (χ0n) is 24.7. The minimum Gasteiger partial charge on any atom is -0.383 e. The summed E-state index contributed by atoms with van der Waals surface area (Å²) in [4.78, 5) is 30.6. The first-order valence-corrected chi connectivity index (χ1v) is 15.4. The van der Waals surface area contributed by atoms with Crippen LogP contribution in [0.3, 0.4) is 0 Å². The first-order valence-electron chi connectivity index (χ1n) is 14.6. The Morgan fingerprint density at radius 3 is 2.05 bits per heavy atom. The van der Waals surface area contributed by atoms with Crippen molar-refractivity contribution in [1.29, 1.82) is 0 Å². The number of benzene rings is 2. The molecule has 2 heterocycles. The number of carbonyl (C=O) groups is 2. The smallest absolute Gasteiger partial charge is 0.162 e. The fourth-order valence-electron chi connectivity index (χ4n) is 7.26. The van der Waals surface area contributed by atoms with Crippen molar-refractivity contribution in [3.63, 3.8) is 0 Å². The lowest BCUT2D eigenvalue weighted by Crippen LogP contribution is -2.45. The van der Waals surface area contributed by atoms with Gasteiger partial charge >= 0.3 is 0 Å². The van der Waals surface area contributed by atoms with Gasteiger partial charge in [0.1, 0.15) is 0 Å². The van der Waals surface area contributed by atoms with Crippen LogP contribution in [0.15, 0.2) is 81.7 Å². The summed E-state index contributed by atoms with van der Waals surface area (Å²) in [7, 11) is 1.71. The zero-order chi connectivity index (χ0) is 29.1. The maximum absolute atomic E-state index is 14.2. The van der Waals surface area contributed by atoms with Gasteiger partial charge in [0.2, 0.25) is 0 Å². The van der Waals surface area contributed by atoms with Crippen LogP contribution in [-0.2, 0) is 20.9 Å². The van der Waals surface area contributed by atoms with Gasteiger partial charge in [-0.1, -0.05) is 80.0 Å². The van der Waals surface area contributed by atoms with E-state index in [2.05, 4.69) is 102 Å². The highest BCUT2D eigenvalue weighted by molar-refractivity contribution is 9.10. The van der Waals surface area contributed by atoms with Crippen molar-refractivity contribution in [2.75, 3.05) is 20.3 Å². The second-order valence-corrected chi connectivity index (χ2v) is 14.4. The number of Topliss-reactive ketones (excluding diaryl/α,β-unsaturated/α-hetero) is 2. The number of methoxy groups -OCH3 is 1. The highest BCUT2D eigenvalue weighted by Crippen LogP contribution is 2.55. The molecule has 0 saturated heterocycles. The van der Waals surface area contributed by atoms with Gasteiger partial charge in [0.25, 0.3) is 0 Å². The molecule has 6 rings (SSSR count). The number of hydrogen-bond donors (Lipinski definition) is 0. The van der Waals surface area contributed by atoms with Gasteiger partial charge in [0.15, 0.2) is 11.6 Å². The predicted octanol–water partition coefficient (Wildman–Crippen LogP) is 7.78. The minimum absolute atomic E-state index is 0.147. The van der Waals surface area contributed by atoms with Gasteiger partial charge in [-0.25, -0.2) is 0 Å². The van der Waals surface area contributed by atoms with Crippen LogP contribution in [0.1, 0.15) is 70.4 Å². The molecule has 0 N–H and O–H groups in total. The molecule has 0 unspecified atom stereocenters. The molecule has 0 saturated carbocycles.